The SMILES string of the molecule is CCOc1cc(C(=O)NCc2cccc(NC(=O)c3ccc(F)cc3)c2)ccc1OCc1cccnc1. The van der Waals surface area contributed by atoms with Crippen LogP contribution in [0.2, 0.25) is 0 Å². The molecule has 1 heterocycles. The van der Waals surface area contributed by atoms with Gasteiger partial charge in [0.15, 0.2) is 11.5 Å². The van der Waals surface area contributed by atoms with Gasteiger partial charge in [-0.15, -0.1) is 0 Å². The largest absolute Gasteiger partial charge is 0.490 e. The van der Waals surface area contributed by atoms with E-state index in [-0.39, 0.29) is 18.4 Å². The van der Waals surface area contributed by atoms with Crippen LogP contribution in [-0.2, 0) is 13.2 Å². The Hall–Kier alpha value is -4.72. The summed E-state index contributed by atoms with van der Waals surface area (Å²) in [5, 5.41) is 5.66. The van der Waals surface area contributed by atoms with E-state index in [4.69, 9.17) is 9.47 Å². The number of halogens is 1. The van der Waals surface area contributed by atoms with Crippen molar-refractivity contribution in [3.05, 3.63) is 119 Å². The number of hydrogen-bond donors (Lipinski definition) is 2. The van der Waals surface area contributed by atoms with Gasteiger partial charge in [0.1, 0.15) is 12.4 Å². The van der Waals surface area contributed by atoms with Gasteiger partial charge >= 0.3 is 0 Å². The molecule has 0 saturated heterocycles. The predicted octanol–water partition coefficient (Wildman–Crippen LogP) is 5.38. The third kappa shape index (κ3) is 7.14. The number of carbonyl (C=O) groups excluding carboxylic acids is 2. The molecule has 188 valence electrons. The van der Waals surface area contributed by atoms with Crippen molar-refractivity contribution in [1.82, 2.24) is 10.3 Å². The number of ether oxygens (including phenoxy) is 2. The number of pyridine rings is 1. The maximum absolute atomic E-state index is 13.1. The van der Waals surface area contributed by atoms with Crippen molar-refractivity contribution in [1.29, 1.82) is 0 Å². The topological polar surface area (TPSA) is 89.6 Å². The zero-order chi connectivity index (χ0) is 26.0. The van der Waals surface area contributed by atoms with Crippen LogP contribution in [-0.4, -0.2) is 23.4 Å². The highest BCUT2D eigenvalue weighted by molar-refractivity contribution is 6.04. The van der Waals surface area contributed by atoms with Gasteiger partial charge in [0, 0.05) is 41.3 Å². The van der Waals surface area contributed by atoms with Gasteiger partial charge < -0.3 is 20.1 Å². The molecule has 2 amide bonds. The fourth-order valence-corrected chi connectivity index (χ4v) is 3.53. The van der Waals surface area contributed by atoms with E-state index in [9.17, 15) is 14.0 Å². The van der Waals surface area contributed by atoms with Gasteiger partial charge in [-0.1, -0.05) is 18.2 Å². The van der Waals surface area contributed by atoms with Gasteiger partial charge in [-0.25, -0.2) is 4.39 Å². The van der Waals surface area contributed by atoms with E-state index < -0.39 is 5.82 Å². The van der Waals surface area contributed by atoms with Crippen LogP contribution in [0.25, 0.3) is 0 Å². The summed E-state index contributed by atoms with van der Waals surface area (Å²) < 4.78 is 24.7. The fourth-order valence-electron chi connectivity index (χ4n) is 3.53. The minimum absolute atomic E-state index is 0.252. The molecule has 4 rings (SSSR count). The third-order valence-corrected chi connectivity index (χ3v) is 5.37. The summed E-state index contributed by atoms with van der Waals surface area (Å²) in [7, 11) is 0. The molecule has 3 aromatic carbocycles. The van der Waals surface area contributed by atoms with E-state index in [1.165, 1.54) is 24.3 Å². The highest BCUT2D eigenvalue weighted by Crippen LogP contribution is 2.29. The van der Waals surface area contributed by atoms with Gasteiger partial charge in [0.25, 0.3) is 11.8 Å². The molecule has 2 N–H and O–H groups in total. The smallest absolute Gasteiger partial charge is 0.255 e. The summed E-state index contributed by atoms with van der Waals surface area (Å²) in [6.07, 6.45) is 3.42. The van der Waals surface area contributed by atoms with E-state index in [0.29, 0.717) is 41.5 Å². The van der Waals surface area contributed by atoms with Crippen molar-refractivity contribution in [2.45, 2.75) is 20.1 Å². The normalized spacial score (nSPS) is 10.4. The fraction of sp³-hybridized carbons (Fsp3) is 0.138. The summed E-state index contributed by atoms with van der Waals surface area (Å²) in [6.45, 7) is 2.86. The van der Waals surface area contributed by atoms with Crippen molar-refractivity contribution >= 4 is 17.5 Å². The van der Waals surface area contributed by atoms with Crippen molar-refractivity contribution in [3.63, 3.8) is 0 Å². The Morgan fingerprint density at radius 3 is 2.38 bits per heavy atom. The Kier molecular flexibility index (Phi) is 8.44. The number of benzene rings is 3. The molecule has 8 heteroatoms. The summed E-state index contributed by atoms with van der Waals surface area (Å²) in [5.74, 6) is -0.0260. The van der Waals surface area contributed by atoms with Crippen molar-refractivity contribution < 1.29 is 23.5 Å². The average molecular weight is 500 g/mol. The maximum Gasteiger partial charge on any atom is 0.255 e. The highest BCUT2D eigenvalue weighted by Gasteiger charge is 2.13. The minimum Gasteiger partial charge on any atom is -0.490 e. The van der Waals surface area contributed by atoms with E-state index in [1.807, 2.05) is 25.1 Å². The monoisotopic (exact) mass is 499 g/mol. The van der Waals surface area contributed by atoms with Crippen molar-refractivity contribution in [2.75, 3.05) is 11.9 Å². The number of anilines is 1. The minimum atomic E-state index is -0.408. The van der Waals surface area contributed by atoms with E-state index in [0.717, 1.165) is 11.1 Å². The number of nitrogens with one attached hydrogen (secondary N) is 2. The summed E-state index contributed by atoms with van der Waals surface area (Å²) in [6, 6.07) is 21.2. The van der Waals surface area contributed by atoms with Crippen LogP contribution in [0.3, 0.4) is 0 Å². The van der Waals surface area contributed by atoms with E-state index >= 15 is 0 Å². The summed E-state index contributed by atoms with van der Waals surface area (Å²) in [4.78, 5) is 29.3. The molecule has 0 radical (unpaired) electrons. The first-order valence-corrected chi connectivity index (χ1v) is 11.7. The first-order chi connectivity index (χ1) is 18.0. The van der Waals surface area contributed by atoms with Gasteiger partial charge in [-0.05, 0) is 73.2 Å². The molecule has 37 heavy (non-hydrogen) atoms. The molecule has 0 fully saturated rings. The highest BCUT2D eigenvalue weighted by atomic mass is 19.1. The first-order valence-electron chi connectivity index (χ1n) is 11.7. The van der Waals surface area contributed by atoms with Crippen LogP contribution in [0.5, 0.6) is 11.5 Å². The zero-order valence-corrected chi connectivity index (χ0v) is 20.2. The third-order valence-electron chi connectivity index (χ3n) is 5.37. The van der Waals surface area contributed by atoms with Crippen LogP contribution >= 0.6 is 0 Å². The second-order valence-electron chi connectivity index (χ2n) is 8.09. The van der Waals surface area contributed by atoms with Crippen LogP contribution in [0, 0.1) is 5.82 Å². The van der Waals surface area contributed by atoms with Crippen molar-refractivity contribution in [3.8, 4) is 11.5 Å². The molecule has 0 aliphatic heterocycles. The quantitative estimate of drug-likeness (QED) is 0.306. The molecule has 1 aromatic heterocycles. The molecule has 0 aliphatic carbocycles. The molecular weight excluding hydrogens is 473 g/mol. The molecule has 0 unspecified atom stereocenters. The Labute approximate surface area is 214 Å². The van der Waals surface area contributed by atoms with Gasteiger partial charge in [0.2, 0.25) is 0 Å². The lowest BCUT2D eigenvalue weighted by atomic mass is 10.1. The Balaban J connectivity index is 1.37. The Morgan fingerprint density at radius 1 is 0.838 bits per heavy atom. The molecule has 0 atom stereocenters. The number of nitrogens with zero attached hydrogens (tertiary/aromatic N) is 1. The molecule has 0 bridgehead atoms. The summed E-state index contributed by atoms with van der Waals surface area (Å²) in [5.41, 5.74) is 3.06. The lowest BCUT2D eigenvalue weighted by Crippen LogP contribution is -2.23. The molecule has 0 aliphatic rings. The van der Waals surface area contributed by atoms with Crippen LogP contribution in [0.1, 0.15) is 38.8 Å². The number of amides is 2. The molecule has 4 aromatic rings. The molecule has 7 nitrogen and oxygen atoms in total. The van der Waals surface area contributed by atoms with Crippen LogP contribution in [0.15, 0.2) is 91.3 Å². The number of rotatable bonds is 10. The number of carbonyl (C=O) groups is 2. The number of hydrogen-bond acceptors (Lipinski definition) is 5. The Bertz CT molecular complexity index is 1360. The van der Waals surface area contributed by atoms with E-state index in [2.05, 4.69) is 15.6 Å². The molecular formula is C29H26FN3O4. The molecule has 0 saturated carbocycles. The van der Waals surface area contributed by atoms with Crippen molar-refractivity contribution in [2.24, 2.45) is 0 Å². The van der Waals surface area contributed by atoms with Gasteiger partial charge in [0.05, 0.1) is 6.61 Å². The predicted molar refractivity (Wildman–Crippen MR) is 138 cm³/mol. The summed E-state index contributed by atoms with van der Waals surface area (Å²) >= 11 is 0. The average Bonchev–Trinajstić information content (AvgIpc) is 2.92. The number of aromatic nitrogens is 1. The Morgan fingerprint density at radius 2 is 1.62 bits per heavy atom. The van der Waals surface area contributed by atoms with Gasteiger partial charge in [-0.2, -0.15) is 0 Å². The molecule has 0 spiro atoms. The van der Waals surface area contributed by atoms with E-state index in [1.54, 1.807) is 48.8 Å². The first kappa shape index (κ1) is 25.4. The zero-order valence-electron chi connectivity index (χ0n) is 20.2. The van der Waals surface area contributed by atoms with Crippen LogP contribution in [0.4, 0.5) is 10.1 Å². The second-order valence-corrected chi connectivity index (χ2v) is 8.09. The lowest BCUT2D eigenvalue weighted by Gasteiger charge is -2.14. The lowest BCUT2D eigenvalue weighted by molar-refractivity contribution is 0.0949. The van der Waals surface area contributed by atoms with Crippen LogP contribution < -0.4 is 20.1 Å². The standard InChI is InChI=1S/C29H26FN3O4/c1-2-36-27-16-23(10-13-26(27)37-19-21-6-4-14-31-17-21)28(34)32-18-20-5-3-7-25(15-20)33-29(35)22-8-11-24(30)12-9-22/h3-17H,2,18-19H2,1H3,(H,32,34)(H,33,35). The maximum atomic E-state index is 13.1. The van der Waals surface area contributed by atoms with Gasteiger partial charge in [-0.3, -0.25) is 14.6 Å². The second kappa shape index (κ2) is 12.3.